The molecule has 1 unspecified atom stereocenters. The molecule has 162 valence electrons. The van der Waals surface area contributed by atoms with Crippen molar-refractivity contribution in [2.75, 3.05) is 18.4 Å². The molecule has 0 bridgehead atoms. The highest BCUT2D eigenvalue weighted by Gasteiger charge is 2.21. The lowest BCUT2D eigenvalue weighted by Crippen LogP contribution is -2.40. The van der Waals surface area contributed by atoms with E-state index in [1.165, 1.54) is 22.3 Å². The molecule has 2 amide bonds. The van der Waals surface area contributed by atoms with Crippen LogP contribution < -0.4 is 15.4 Å². The van der Waals surface area contributed by atoms with Crippen LogP contribution >= 0.6 is 11.3 Å². The predicted octanol–water partition coefficient (Wildman–Crippen LogP) is 1.92. The van der Waals surface area contributed by atoms with Crippen LogP contribution in [0.5, 0.6) is 0 Å². The third-order valence-corrected chi connectivity index (χ3v) is 7.52. The first-order valence-corrected chi connectivity index (χ1v) is 12.1. The molecule has 0 saturated carbocycles. The molecule has 0 spiro atoms. The topological polar surface area (TPSA) is 117 Å². The van der Waals surface area contributed by atoms with Crippen molar-refractivity contribution in [3.05, 3.63) is 39.9 Å². The fourth-order valence-electron chi connectivity index (χ4n) is 3.12. The van der Waals surface area contributed by atoms with Crippen LogP contribution in [-0.4, -0.2) is 38.3 Å². The van der Waals surface area contributed by atoms with Crippen molar-refractivity contribution in [2.45, 2.75) is 44.9 Å². The Balaban J connectivity index is 1.46. The van der Waals surface area contributed by atoms with Gasteiger partial charge in [0.25, 0.3) is 0 Å². The van der Waals surface area contributed by atoms with Crippen molar-refractivity contribution < 1.29 is 18.0 Å². The summed E-state index contributed by atoms with van der Waals surface area (Å²) >= 11 is 1.47. The summed E-state index contributed by atoms with van der Waals surface area (Å²) < 4.78 is 26.9. The summed E-state index contributed by atoms with van der Waals surface area (Å²) in [5.74, 6) is -0.377. The molecular formula is C20H26N4O4S2. The Bertz CT molecular complexity index is 1060. The zero-order valence-electron chi connectivity index (χ0n) is 17.2. The summed E-state index contributed by atoms with van der Waals surface area (Å²) in [5.41, 5.74) is 2.86. The summed E-state index contributed by atoms with van der Waals surface area (Å²) in [5, 5.41) is 5.64. The lowest BCUT2D eigenvalue weighted by atomic mass is 9.93. The van der Waals surface area contributed by atoms with Gasteiger partial charge in [-0.2, -0.15) is 0 Å². The summed E-state index contributed by atoms with van der Waals surface area (Å²) in [6, 6.07) is 4.76. The second kappa shape index (κ2) is 9.23. The fraction of sp³-hybridized carbons (Fsp3) is 0.450. The van der Waals surface area contributed by atoms with Crippen LogP contribution in [0.15, 0.2) is 23.1 Å². The fourth-order valence-corrected chi connectivity index (χ4v) is 5.38. The van der Waals surface area contributed by atoms with E-state index in [0.29, 0.717) is 11.0 Å². The number of thiazole rings is 1. The van der Waals surface area contributed by atoms with E-state index in [1.807, 2.05) is 13.8 Å². The number of rotatable bonds is 7. The minimum Gasteiger partial charge on any atom is -0.346 e. The molecular weight excluding hydrogens is 424 g/mol. The van der Waals surface area contributed by atoms with E-state index in [0.717, 1.165) is 36.1 Å². The molecule has 1 heterocycles. The SMILES string of the molecule is Cc1ccc(S(=O)(=O)NCC(=O)NCC(=O)Nc2nc3c(s2)CC(C)CC3)cc1C. The van der Waals surface area contributed by atoms with E-state index in [2.05, 4.69) is 27.3 Å². The number of nitrogens with one attached hydrogen (secondary N) is 3. The second-order valence-electron chi connectivity index (χ2n) is 7.63. The number of sulfonamides is 1. The Hall–Kier alpha value is -2.30. The van der Waals surface area contributed by atoms with Gasteiger partial charge in [-0.1, -0.05) is 13.0 Å². The monoisotopic (exact) mass is 450 g/mol. The number of aryl methyl sites for hydroxylation is 3. The first-order valence-electron chi connectivity index (χ1n) is 9.76. The van der Waals surface area contributed by atoms with E-state index < -0.39 is 28.4 Å². The Labute approximate surface area is 180 Å². The summed E-state index contributed by atoms with van der Waals surface area (Å²) in [4.78, 5) is 29.8. The van der Waals surface area contributed by atoms with E-state index in [9.17, 15) is 18.0 Å². The van der Waals surface area contributed by atoms with E-state index in [4.69, 9.17) is 0 Å². The first-order chi connectivity index (χ1) is 14.1. The molecule has 3 N–H and O–H groups in total. The molecule has 0 radical (unpaired) electrons. The van der Waals surface area contributed by atoms with Gasteiger partial charge < -0.3 is 10.6 Å². The zero-order valence-corrected chi connectivity index (χ0v) is 18.9. The number of hydrogen-bond acceptors (Lipinski definition) is 6. The third-order valence-electron chi connectivity index (χ3n) is 5.09. The van der Waals surface area contributed by atoms with Crippen molar-refractivity contribution in [2.24, 2.45) is 5.92 Å². The van der Waals surface area contributed by atoms with Gasteiger partial charge in [-0.25, -0.2) is 18.1 Å². The molecule has 1 aromatic carbocycles. The zero-order chi connectivity index (χ0) is 21.9. The highest BCUT2D eigenvalue weighted by atomic mass is 32.2. The van der Waals surface area contributed by atoms with Gasteiger partial charge in [0, 0.05) is 4.88 Å². The highest BCUT2D eigenvalue weighted by molar-refractivity contribution is 7.89. The average Bonchev–Trinajstić information content (AvgIpc) is 3.08. The van der Waals surface area contributed by atoms with Crippen molar-refractivity contribution in [3.8, 4) is 0 Å². The van der Waals surface area contributed by atoms with Gasteiger partial charge >= 0.3 is 0 Å². The summed E-state index contributed by atoms with van der Waals surface area (Å²) in [6.45, 7) is 5.19. The number of hydrogen-bond donors (Lipinski definition) is 3. The Morgan fingerprint density at radius 2 is 1.93 bits per heavy atom. The lowest BCUT2D eigenvalue weighted by molar-refractivity contribution is -0.123. The van der Waals surface area contributed by atoms with Crippen LogP contribution in [0.3, 0.4) is 0 Å². The number of fused-ring (bicyclic) bond motifs is 1. The third kappa shape index (κ3) is 5.65. The minimum atomic E-state index is -3.81. The molecule has 2 aromatic rings. The van der Waals surface area contributed by atoms with Crippen LogP contribution in [-0.2, 0) is 32.5 Å². The smallest absolute Gasteiger partial charge is 0.245 e. The van der Waals surface area contributed by atoms with E-state index in [1.54, 1.807) is 12.1 Å². The van der Waals surface area contributed by atoms with Gasteiger partial charge in [0.1, 0.15) is 0 Å². The Morgan fingerprint density at radius 3 is 2.67 bits per heavy atom. The Kier molecular flexibility index (Phi) is 6.89. The van der Waals surface area contributed by atoms with Crippen LogP contribution in [0.4, 0.5) is 5.13 Å². The molecule has 10 heteroatoms. The minimum absolute atomic E-state index is 0.0956. The van der Waals surface area contributed by atoms with Crippen LogP contribution in [0.1, 0.15) is 35.0 Å². The van der Waals surface area contributed by atoms with Crippen LogP contribution in [0.25, 0.3) is 0 Å². The van der Waals surface area contributed by atoms with E-state index >= 15 is 0 Å². The van der Waals surface area contributed by atoms with Gasteiger partial charge in [0.15, 0.2) is 5.13 Å². The molecule has 0 saturated heterocycles. The maximum absolute atomic E-state index is 12.3. The molecule has 3 rings (SSSR count). The summed E-state index contributed by atoms with van der Waals surface area (Å²) in [6.07, 6.45) is 2.98. The number of anilines is 1. The number of benzene rings is 1. The molecule has 1 aliphatic rings. The summed E-state index contributed by atoms with van der Waals surface area (Å²) in [7, 11) is -3.81. The van der Waals surface area contributed by atoms with Crippen LogP contribution in [0, 0.1) is 19.8 Å². The number of aromatic nitrogens is 1. The lowest BCUT2D eigenvalue weighted by Gasteiger charge is -2.15. The normalized spacial score (nSPS) is 16.0. The second-order valence-corrected chi connectivity index (χ2v) is 10.5. The average molecular weight is 451 g/mol. The number of amides is 2. The largest absolute Gasteiger partial charge is 0.346 e. The van der Waals surface area contributed by atoms with Gasteiger partial charge in [-0.15, -0.1) is 11.3 Å². The van der Waals surface area contributed by atoms with Gasteiger partial charge in [-0.05, 0) is 62.3 Å². The molecule has 0 fully saturated rings. The van der Waals surface area contributed by atoms with Crippen molar-refractivity contribution in [1.29, 1.82) is 0 Å². The van der Waals surface area contributed by atoms with Gasteiger partial charge in [-0.3, -0.25) is 9.59 Å². The standard InChI is InChI=1S/C20H26N4O4S2/c1-12-4-7-16-17(8-12)29-20(23-16)24-19(26)10-21-18(25)11-22-30(27,28)15-6-5-13(2)14(3)9-15/h5-6,9,12,22H,4,7-8,10-11H2,1-3H3,(H,21,25)(H,23,24,26). The maximum atomic E-state index is 12.3. The molecule has 1 atom stereocenters. The maximum Gasteiger partial charge on any atom is 0.245 e. The van der Waals surface area contributed by atoms with Gasteiger partial charge in [0.2, 0.25) is 21.8 Å². The quantitative estimate of drug-likeness (QED) is 0.596. The molecule has 0 aliphatic heterocycles. The van der Waals surface area contributed by atoms with Crippen molar-refractivity contribution >= 4 is 38.3 Å². The van der Waals surface area contributed by atoms with Crippen molar-refractivity contribution in [1.82, 2.24) is 15.0 Å². The van der Waals surface area contributed by atoms with Crippen LogP contribution in [0.2, 0.25) is 0 Å². The molecule has 8 nitrogen and oxygen atoms in total. The van der Waals surface area contributed by atoms with E-state index in [-0.39, 0.29) is 11.4 Å². The predicted molar refractivity (Wildman–Crippen MR) is 116 cm³/mol. The molecule has 1 aliphatic carbocycles. The Morgan fingerprint density at radius 1 is 1.17 bits per heavy atom. The van der Waals surface area contributed by atoms with Gasteiger partial charge in [0.05, 0.1) is 23.7 Å². The number of carbonyl (C=O) groups excluding carboxylic acids is 2. The highest BCUT2D eigenvalue weighted by Crippen LogP contribution is 2.31. The number of nitrogens with zero attached hydrogens (tertiary/aromatic N) is 1. The number of carbonyl (C=O) groups is 2. The first kappa shape index (κ1) is 22.4. The molecule has 30 heavy (non-hydrogen) atoms. The van der Waals surface area contributed by atoms with Crippen molar-refractivity contribution in [3.63, 3.8) is 0 Å². The molecule has 1 aromatic heterocycles.